The van der Waals surface area contributed by atoms with E-state index in [-0.39, 0.29) is 11.8 Å². The predicted molar refractivity (Wildman–Crippen MR) is 91.4 cm³/mol. The molecule has 1 aromatic heterocycles. The molecule has 1 aromatic carbocycles. The molecule has 2 N–H and O–H groups in total. The molecule has 6 heteroatoms. The maximum Gasteiger partial charge on any atom is 0.248 e. The Hall–Kier alpha value is -2.63. The number of nitrogens with one attached hydrogen (secondary N) is 2. The number of benzene rings is 1. The maximum absolute atomic E-state index is 12.6. The number of aryl methyl sites for hydroxylation is 1. The number of nitrogens with zero attached hydrogens (tertiary/aromatic N) is 1. The molecule has 0 aliphatic carbocycles. The number of carbonyl (C=O) groups excluding carboxylic acids is 2. The summed E-state index contributed by atoms with van der Waals surface area (Å²) >= 11 is 0. The van der Waals surface area contributed by atoms with Gasteiger partial charge >= 0.3 is 0 Å². The Morgan fingerprint density at radius 3 is 2.42 bits per heavy atom. The summed E-state index contributed by atoms with van der Waals surface area (Å²) in [7, 11) is 0. The van der Waals surface area contributed by atoms with Gasteiger partial charge in [-0.15, -0.1) is 0 Å². The molecule has 0 unspecified atom stereocenters. The Balaban J connectivity index is 2.14. The average molecular weight is 329 g/mol. The molecule has 24 heavy (non-hydrogen) atoms. The van der Waals surface area contributed by atoms with Crippen LogP contribution in [0.25, 0.3) is 0 Å². The van der Waals surface area contributed by atoms with Gasteiger partial charge in [0.15, 0.2) is 5.82 Å². The van der Waals surface area contributed by atoms with E-state index in [0.29, 0.717) is 18.0 Å². The van der Waals surface area contributed by atoms with Crippen molar-refractivity contribution in [1.29, 1.82) is 0 Å². The van der Waals surface area contributed by atoms with Crippen molar-refractivity contribution < 1.29 is 14.1 Å². The molecule has 0 radical (unpaired) electrons. The van der Waals surface area contributed by atoms with Gasteiger partial charge in [-0.05, 0) is 12.5 Å². The van der Waals surface area contributed by atoms with Crippen molar-refractivity contribution in [3.8, 4) is 0 Å². The van der Waals surface area contributed by atoms with Gasteiger partial charge in [0.1, 0.15) is 11.8 Å². The highest BCUT2D eigenvalue weighted by molar-refractivity contribution is 5.97. The SMILES string of the molecule is Cc1cc(NC(=O)[C@H](Cc2ccccc2)NC(=O)C(C)(C)C)no1. The quantitative estimate of drug-likeness (QED) is 0.883. The molecule has 0 fully saturated rings. The minimum Gasteiger partial charge on any atom is -0.360 e. The topological polar surface area (TPSA) is 84.2 Å². The first-order chi connectivity index (χ1) is 11.3. The summed E-state index contributed by atoms with van der Waals surface area (Å²) in [5.74, 6) is 0.420. The van der Waals surface area contributed by atoms with Crippen LogP contribution in [0.1, 0.15) is 32.1 Å². The molecule has 0 aliphatic rings. The van der Waals surface area contributed by atoms with Gasteiger partial charge in [0.2, 0.25) is 11.8 Å². The van der Waals surface area contributed by atoms with Crippen molar-refractivity contribution in [1.82, 2.24) is 10.5 Å². The predicted octanol–water partition coefficient (Wildman–Crippen LogP) is 2.70. The van der Waals surface area contributed by atoms with E-state index in [1.807, 2.05) is 30.3 Å². The lowest BCUT2D eigenvalue weighted by atomic mass is 9.94. The van der Waals surface area contributed by atoms with Crippen LogP contribution in [0.2, 0.25) is 0 Å². The lowest BCUT2D eigenvalue weighted by Crippen LogP contribution is -2.49. The summed E-state index contributed by atoms with van der Waals surface area (Å²) in [5, 5.41) is 9.26. The molecule has 128 valence electrons. The van der Waals surface area contributed by atoms with Crippen molar-refractivity contribution in [2.75, 3.05) is 5.32 Å². The van der Waals surface area contributed by atoms with Crippen LogP contribution in [0.3, 0.4) is 0 Å². The van der Waals surface area contributed by atoms with Gasteiger partial charge in [-0.3, -0.25) is 9.59 Å². The van der Waals surface area contributed by atoms with E-state index in [2.05, 4.69) is 15.8 Å². The number of amides is 2. The zero-order valence-electron chi connectivity index (χ0n) is 14.4. The first-order valence-corrected chi connectivity index (χ1v) is 7.85. The van der Waals surface area contributed by atoms with Crippen LogP contribution in [0.4, 0.5) is 5.82 Å². The van der Waals surface area contributed by atoms with Crippen molar-refractivity contribution in [2.45, 2.75) is 40.2 Å². The molecule has 2 aromatic rings. The summed E-state index contributed by atoms with van der Waals surface area (Å²) in [6.45, 7) is 7.16. The van der Waals surface area contributed by atoms with Gasteiger partial charge in [0.05, 0.1) is 0 Å². The van der Waals surface area contributed by atoms with E-state index in [0.717, 1.165) is 5.56 Å². The molecule has 6 nitrogen and oxygen atoms in total. The Kier molecular flexibility index (Phi) is 5.39. The molecule has 0 saturated carbocycles. The van der Waals surface area contributed by atoms with E-state index < -0.39 is 11.5 Å². The Bertz CT molecular complexity index is 702. The normalized spacial score (nSPS) is 12.5. The third-order valence-corrected chi connectivity index (χ3v) is 3.46. The van der Waals surface area contributed by atoms with Gasteiger partial charge in [-0.2, -0.15) is 0 Å². The fraction of sp³-hybridized carbons (Fsp3) is 0.389. The molecular weight excluding hydrogens is 306 g/mol. The fourth-order valence-corrected chi connectivity index (χ4v) is 2.07. The lowest BCUT2D eigenvalue weighted by molar-refractivity contribution is -0.132. The molecule has 0 saturated heterocycles. The van der Waals surface area contributed by atoms with E-state index in [4.69, 9.17) is 4.52 Å². The van der Waals surface area contributed by atoms with Crippen LogP contribution in [0, 0.1) is 12.3 Å². The third kappa shape index (κ3) is 4.94. The second kappa shape index (κ2) is 7.29. The van der Waals surface area contributed by atoms with E-state index >= 15 is 0 Å². The van der Waals surface area contributed by atoms with Gasteiger partial charge in [-0.1, -0.05) is 56.3 Å². The summed E-state index contributed by atoms with van der Waals surface area (Å²) in [6.07, 6.45) is 0.394. The number of anilines is 1. The number of aromatic nitrogens is 1. The van der Waals surface area contributed by atoms with Gasteiger partial charge in [0, 0.05) is 17.9 Å². The zero-order valence-corrected chi connectivity index (χ0v) is 14.4. The van der Waals surface area contributed by atoms with Crippen LogP contribution < -0.4 is 10.6 Å². The van der Waals surface area contributed by atoms with Crippen molar-refractivity contribution >= 4 is 17.6 Å². The monoisotopic (exact) mass is 329 g/mol. The summed E-state index contributed by atoms with van der Waals surface area (Å²) in [4.78, 5) is 24.9. The molecule has 1 heterocycles. The highest BCUT2D eigenvalue weighted by atomic mass is 16.5. The van der Waals surface area contributed by atoms with Crippen molar-refractivity contribution in [3.05, 3.63) is 47.7 Å². The van der Waals surface area contributed by atoms with Crippen LogP contribution in [0.15, 0.2) is 40.9 Å². The summed E-state index contributed by atoms with van der Waals surface area (Å²) < 4.78 is 4.95. The van der Waals surface area contributed by atoms with E-state index in [1.165, 1.54) is 0 Å². The largest absolute Gasteiger partial charge is 0.360 e. The Labute approximate surface area is 141 Å². The molecule has 0 spiro atoms. The third-order valence-electron chi connectivity index (χ3n) is 3.46. The van der Waals surface area contributed by atoms with Crippen LogP contribution >= 0.6 is 0 Å². The molecule has 1 atom stereocenters. The summed E-state index contributed by atoms with van der Waals surface area (Å²) in [5.41, 5.74) is 0.378. The average Bonchev–Trinajstić information content (AvgIpc) is 2.91. The molecule has 2 rings (SSSR count). The van der Waals surface area contributed by atoms with Gasteiger partial charge in [-0.25, -0.2) is 0 Å². The highest BCUT2D eigenvalue weighted by Gasteiger charge is 2.28. The van der Waals surface area contributed by atoms with Crippen LogP contribution in [-0.2, 0) is 16.0 Å². The van der Waals surface area contributed by atoms with Crippen LogP contribution in [-0.4, -0.2) is 23.0 Å². The molecule has 0 bridgehead atoms. The maximum atomic E-state index is 12.6. The second-order valence-electron chi connectivity index (χ2n) is 6.78. The molecule has 0 aliphatic heterocycles. The number of hydrogen-bond acceptors (Lipinski definition) is 4. The van der Waals surface area contributed by atoms with Gasteiger partial charge in [0.25, 0.3) is 0 Å². The molecular formula is C18H23N3O3. The zero-order chi connectivity index (χ0) is 17.7. The standard InChI is InChI=1S/C18H23N3O3/c1-12-10-15(21-24-12)20-16(22)14(19-17(23)18(2,3)4)11-13-8-6-5-7-9-13/h5-10,14H,11H2,1-4H3,(H,19,23)(H,20,21,22)/t14-/m0/s1. The van der Waals surface area contributed by atoms with Crippen molar-refractivity contribution in [3.63, 3.8) is 0 Å². The smallest absolute Gasteiger partial charge is 0.248 e. The van der Waals surface area contributed by atoms with E-state index in [1.54, 1.807) is 33.8 Å². The van der Waals surface area contributed by atoms with E-state index in [9.17, 15) is 9.59 Å². The van der Waals surface area contributed by atoms with Crippen LogP contribution in [0.5, 0.6) is 0 Å². The number of rotatable bonds is 5. The first-order valence-electron chi connectivity index (χ1n) is 7.85. The Morgan fingerprint density at radius 2 is 1.88 bits per heavy atom. The Morgan fingerprint density at radius 1 is 1.21 bits per heavy atom. The fourth-order valence-electron chi connectivity index (χ4n) is 2.07. The molecule has 2 amide bonds. The second-order valence-corrected chi connectivity index (χ2v) is 6.78. The number of hydrogen-bond donors (Lipinski definition) is 2. The number of carbonyl (C=O) groups is 2. The van der Waals surface area contributed by atoms with Gasteiger partial charge < -0.3 is 15.2 Å². The minimum absolute atomic E-state index is 0.185. The summed E-state index contributed by atoms with van der Waals surface area (Å²) in [6, 6.07) is 10.5. The first kappa shape index (κ1) is 17.7. The van der Waals surface area contributed by atoms with Crippen molar-refractivity contribution in [2.24, 2.45) is 5.41 Å². The lowest BCUT2D eigenvalue weighted by Gasteiger charge is -2.23. The highest BCUT2D eigenvalue weighted by Crippen LogP contribution is 2.15. The minimum atomic E-state index is -0.698.